The fourth-order valence-electron chi connectivity index (χ4n) is 22.5. The molecule has 0 bridgehead atoms. The summed E-state index contributed by atoms with van der Waals surface area (Å²) >= 11 is 18.0. The highest BCUT2D eigenvalue weighted by molar-refractivity contribution is 7.94. The van der Waals surface area contributed by atoms with Crippen molar-refractivity contribution in [3.63, 3.8) is 0 Å². The molecule has 0 saturated heterocycles. The zero-order chi connectivity index (χ0) is 98.0. The first-order chi connectivity index (χ1) is 67.8. The van der Waals surface area contributed by atoms with Crippen LogP contribution in [0.2, 0.25) is 15.1 Å². The van der Waals surface area contributed by atoms with Crippen LogP contribution in [0.25, 0.3) is 0 Å². The van der Waals surface area contributed by atoms with E-state index in [9.17, 15) is 69.0 Å². The summed E-state index contributed by atoms with van der Waals surface area (Å²) in [5.74, 6) is -3.15. The number of nitrogens with zero attached hydrogens (tertiary/aromatic N) is 6. The van der Waals surface area contributed by atoms with Crippen LogP contribution in [-0.4, -0.2) is 80.7 Å². The van der Waals surface area contributed by atoms with Crippen LogP contribution in [0.5, 0.6) is 0 Å². The number of fused-ring (bicyclic) bond motifs is 15. The zero-order valence-electron chi connectivity index (χ0n) is 76.2. The molecule has 15 aliphatic rings. The lowest BCUT2D eigenvalue weighted by Gasteiger charge is -2.17. The van der Waals surface area contributed by atoms with Crippen LogP contribution in [0.4, 0.5) is 52.4 Å². The molecule has 15 amide bonds. The summed E-state index contributed by atoms with van der Waals surface area (Å²) < 4.78 is 97.0. The molecule has 5 aliphatic heterocycles. The summed E-state index contributed by atoms with van der Waals surface area (Å²) in [6, 6.07) is 33.1. The van der Waals surface area contributed by atoms with Gasteiger partial charge in [0.2, 0.25) is 0 Å². The van der Waals surface area contributed by atoms with E-state index in [1.807, 2.05) is 6.07 Å². The fourth-order valence-corrected chi connectivity index (χ4v) is 31.3. The highest BCUT2D eigenvalue weighted by atomic mass is 35.5. The first-order valence-electron chi connectivity index (χ1n) is 47.1. The Morgan fingerprint density at radius 1 is 0.284 bits per heavy atom. The summed E-state index contributed by atoms with van der Waals surface area (Å²) in [7, 11) is -16.9. The van der Waals surface area contributed by atoms with Gasteiger partial charge in [-0.1, -0.05) is 83.3 Å². The Kier molecular flexibility index (Phi) is 24.8. The number of carbonyl (C=O) groups is 10. The molecule has 5 unspecified atom stereocenters. The van der Waals surface area contributed by atoms with Gasteiger partial charge in [-0.15, -0.1) is 21.8 Å². The average molecular weight is 2050 g/mol. The molecule has 0 spiro atoms. The van der Waals surface area contributed by atoms with Crippen LogP contribution in [0, 0.1) is 18.3 Å². The number of rotatable bonds is 10. The van der Waals surface area contributed by atoms with Gasteiger partial charge in [-0.25, -0.2) is 68.6 Å². The van der Waals surface area contributed by atoms with E-state index in [4.69, 9.17) is 40.1 Å². The van der Waals surface area contributed by atoms with Crippen molar-refractivity contribution in [1.82, 2.24) is 23.6 Å². The van der Waals surface area contributed by atoms with Crippen LogP contribution in [-0.2, 0) is 178 Å². The van der Waals surface area contributed by atoms with Gasteiger partial charge >= 0.3 is 30.2 Å². The van der Waals surface area contributed by atoms with E-state index < -0.39 is 109 Å². The maximum atomic E-state index is 13.3. The maximum absolute atomic E-state index is 13.3. The van der Waals surface area contributed by atoms with E-state index in [2.05, 4.69) is 102 Å². The smallest absolute Gasteiger partial charge is 0.307 e. The average Bonchev–Trinajstić information content (AvgIpc) is 1.61. The summed E-state index contributed by atoms with van der Waals surface area (Å²) in [6.45, 7) is 1.77. The Balaban J connectivity index is 0.000000104. The molecule has 0 aromatic heterocycles. The van der Waals surface area contributed by atoms with E-state index in [1.165, 1.54) is 167 Å². The molecule has 10 aromatic carbocycles. The second-order valence-electron chi connectivity index (χ2n) is 37.2. The Hall–Kier alpha value is -13.0. The van der Waals surface area contributed by atoms with Crippen LogP contribution in [0.3, 0.4) is 0 Å². The molecule has 39 heteroatoms. The third kappa shape index (κ3) is 17.6. The molecular weight excluding hydrogens is 1960 g/mol. The van der Waals surface area contributed by atoms with Gasteiger partial charge in [-0.05, 0) is 389 Å². The monoisotopic (exact) mass is 2050 g/mol. The molecule has 25 rings (SSSR count). The minimum absolute atomic E-state index is 0.0934. The van der Waals surface area contributed by atoms with E-state index >= 15 is 0 Å². The van der Waals surface area contributed by atoms with E-state index in [1.54, 1.807) is 31.2 Å². The number of aryl methyl sites for hydroxylation is 11. The predicted octanol–water partition coefficient (Wildman–Crippen LogP) is 19.0. The number of nitriles is 1. The standard InChI is InChI=1S/C21H18N4O3S.C21H21N3O3S.3C20H18ClN3O3S/c22-11-12-7-8-18-17(9-12)20(26)24-29(18,28)25-21(27)23-19-15-5-1-3-13(15)10-14-4-2-6-16(14)19;1-12-5-2-10-17-18(12)20(25)23-28(17,27)24-21(26)22-19-15-8-3-6-13(15)11-14-7-4-9-16(14)19;21-15-8-3-9-16-17(15)19(25)23-28(16,27)24-20(26)22-18-13-6-1-4-11(13)10-12-5-2-7-14(12)18;21-13-7-8-17-16(10-13)19(25)23-28(17,27)24-20(26)22-18-14-5-1-3-11(14)9-12-4-2-6-15(12)18;21-13-7-8-16-17(10-13)28(27,23-19(16)25)24-20(26)22-18-14-5-1-3-11(14)9-12-4-2-6-15(12)18/h7-10H,1-6H2,(H2,23,24,25,26,27,28);2,5,10-11H,3-4,6-9H2,1H3,(H2,22,23,24,25,26,27);3,8-10H,1-2,4-7H2,(H2,22,23,24,25,26,27);2*7-10H,1-6H2,(H2,22,23,24,25,26,27). The predicted molar refractivity (Wildman–Crippen MR) is 536 cm³/mol. The van der Waals surface area contributed by atoms with Gasteiger partial charge in [0.1, 0.15) is 0 Å². The molecule has 0 saturated carbocycles. The largest absolute Gasteiger partial charge is 0.331 e. The van der Waals surface area contributed by atoms with Crippen molar-refractivity contribution in [3.05, 3.63) is 287 Å². The number of amides is 15. The van der Waals surface area contributed by atoms with Crippen molar-refractivity contribution < 1.29 is 69.0 Å². The Morgan fingerprint density at radius 3 is 0.879 bits per heavy atom. The van der Waals surface area contributed by atoms with Crippen molar-refractivity contribution in [2.45, 2.75) is 224 Å². The number of benzene rings is 10. The zero-order valence-corrected chi connectivity index (χ0v) is 82.6. The molecule has 31 nitrogen and oxygen atoms in total. The number of carbonyl (C=O) groups excluding carboxylic acids is 10. The molecule has 5 atom stereocenters. The summed E-state index contributed by atoms with van der Waals surface area (Å²) in [6.07, 6.45) is 30.2. The fraction of sp³-hybridized carbons (Fsp3) is 0.304. The van der Waals surface area contributed by atoms with Gasteiger partial charge in [0.25, 0.3) is 29.5 Å². The number of halogens is 3. The molecule has 0 fully saturated rings. The summed E-state index contributed by atoms with van der Waals surface area (Å²) in [4.78, 5) is 126. The Morgan fingerprint density at radius 2 is 0.546 bits per heavy atom. The first kappa shape index (κ1) is 94.3. The number of hydrogen-bond acceptors (Lipinski definition) is 16. The molecule has 722 valence electrons. The number of nitrogens with one attached hydrogen (secondary N) is 10. The second kappa shape index (κ2) is 37.1. The van der Waals surface area contributed by atoms with Crippen molar-refractivity contribution in [2.24, 2.45) is 21.8 Å². The lowest BCUT2D eigenvalue weighted by Crippen LogP contribution is -2.34. The van der Waals surface area contributed by atoms with Gasteiger partial charge in [-0.3, -0.25) is 24.0 Å². The minimum atomic E-state index is -3.43. The van der Waals surface area contributed by atoms with Gasteiger partial charge in [0.15, 0.2) is 49.6 Å². The molecule has 5 heterocycles. The number of urea groups is 5. The van der Waals surface area contributed by atoms with E-state index in [-0.39, 0.29) is 57.3 Å². The van der Waals surface area contributed by atoms with Gasteiger partial charge in [0.05, 0.1) is 68.9 Å². The molecular formula is C102H93Cl3N16O15S5. The maximum Gasteiger partial charge on any atom is 0.331 e. The second-order valence-corrected chi connectivity index (χ2v) is 47.9. The van der Waals surface area contributed by atoms with Crippen molar-refractivity contribution in [2.75, 3.05) is 26.6 Å². The third-order valence-electron chi connectivity index (χ3n) is 28.6. The topological polar surface area (TPSA) is 462 Å². The van der Waals surface area contributed by atoms with Crippen LogP contribution >= 0.6 is 34.8 Å². The SMILES string of the molecule is Cc1cccc2c1C(=O)N=S2(=O)NC(=O)Nc1c2c(cc3c1CCC3)CCC2.N#Cc1ccc2c(c1)C(=O)N=S2(=O)NC(=O)Nc1c2c(cc3c1CCC3)CCC2.O=C(Nc1c2c(cc3c1CCC3)CCC2)NS1(=O)=NC(=O)c2c(Cl)cccc21.O=C(Nc1c2c(cc3c1CCC3)CCC2)NS1(=O)=NC(=O)c2cc(Cl)ccc21.O=C(Nc1c2c(cc3c1CCC3)CCC2)NS1(=O)=NC(=O)c2ccc(Cl)cc21. The minimum Gasteiger partial charge on any atom is -0.307 e. The molecule has 10 N–H and O–H groups in total. The lowest BCUT2D eigenvalue weighted by molar-refractivity contribution is 0.0996. The van der Waals surface area contributed by atoms with E-state index in [0.29, 0.717) is 21.2 Å². The Bertz CT molecular complexity index is 7680. The highest BCUT2D eigenvalue weighted by Crippen LogP contribution is 2.47. The summed E-state index contributed by atoms with van der Waals surface area (Å²) in [5.41, 5.74) is 30.8. The lowest BCUT2D eigenvalue weighted by atomic mass is 9.99. The van der Waals surface area contributed by atoms with Crippen LogP contribution in [0.15, 0.2) is 168 Å². The first-order valence-corrected chi connectivity index (χ1v) is 55.9. The van der Waals surface area contributed by atoms with Crippen molar-refractivity contribution in [1.29, 1.82) is 5.26 Å². The molecule has 10 aromatic rings. The Labute approximate surface area is 829 Å². The van der Waals surface area contributed by atoms with Gasteiger partial charge in [-0.2, -0.15) is 5.26 Å². The van der Waals surface area contributed by atoms with Gasteiger partial charge in [0, 0.05) is 38.5 Å². The molecule has 10 aliphatic carbocycles. The van der Waals surface area contributed by atoms with Gasteiger partial charge < -0.3 is 26.6 Å². The summed E-state index contributed by atoms with van der Waals surface area (Å²) in [5, 5.41) is 24.5. The number of hydrogen-bond donors (Lipinski definition) is 10. The molecule has 141 heavy (non-hydrogen) atoms. The van der Waals surface area contributed by atoms with Crippen molar-refractivity contribution >= 4 is 173 Å². The van der Waals surface area contributed by atoms with Crippen LogP contribution < -0.4 is 50.2 Å². The number of anilines is 5. The van der Waals surface area contributed by atoms with Crippen molar-refractivity contribution in [3.8, 4) is 6.07 Å². The highest BCUT2D eigenvalue weighted by Gasteiger charge is 2.41. The normalized spacial score (nSPS) is 21.5. The quantitative estimate of drug-likeness (QED) is 0.0608. The van der Waals surface area contributed by atoms with Crippen LogP contribution in [0.1, 0.15) is 238 Å². The van der Waals surface area contributed by atoms with E-state index in [0.717, 1.165) is 232 Å². The third-order valence-corrected chi connectivity index (χ3v) is 38.5. The molecule has 0 radical (unpaired) electrons.